The van der Waals surface area contributed by atoms with Crippen LogP contribution in [-0.2, 0) is 6.54 Å². The van der Waals surface area contributed by atoms with E-state index in [0.717, 1.165) is 16.9 Å². The van der Waals surface area contributed by atoms with Crippen molar-refractivity contribution in [1.29, 1.82) is 0 Å². The molecule has 0 unspecified atom stereocenters. The number of pyridine rings is 1. The third-order valence-electron chi connectivity index (χ3n) is 2.94. The van der Waals surface area contributed by atoms with Crippen LogP contribution in [0.2, 0.25) is 0 Å². The Morgan fingerprint density at radius 1 is 1.35 bits per heavy atom. The van der Waals surface area contributed by atoms with E-state index >= 15 is 0 Å². The zero-order chi connectivity index (χ0) is 14.7. The molecule has 0 aliphatic heterocycles. The molecule has 1 N–H and O–H groups in total. The molecule has 0 aliphatic carbocycles. The van der Waals surface area contributed by atoms with Gasteiger partial charge in [0.15, 0.2) is 0 Å². The fourth-order valence-electron chi connectivity index (χ4n) is 1.80. The van der Waals surface area contributed by atoms with Crippen LogP contribution in [0.25, 0.3) is 0 Å². The molecule has 6 heteroatoms. The summed E-state index contributed by atoms with van der Waals surface area (Å²) in [4.78, 5) is 14.7. The highest BCUT2D eigenvalue weighted by molar-refractivity contribution is 9.10. The first-order valence-corrected chi connectivity index (χ1v) is 6.86. The molecule has 0 radical (unpaired) electrons. The summed E-state index contributed by atoms with van der Waals surface area (Å²) in [6.07, 6.45) is 1.81. The lowest BCUT2D eigenvalue weighted by atomic mass is 10.1. The Morgan fingerprint density at radius 3 is 2.70 bits per heavy atom. The number of nitro groups is 1. The number of nitrogens with one attached hydrogen (secondary N) is 1. The lowest BCUT2D eigenvalue weighted by molar-refractivity contribution is -0.385. The largest absolute Gasteiger partial charge is 0.380 e. The molecule has 0 bridgehead atoms. The van der Waals surface area contributed by atoms with Crippen LogP contribution in [0, 0.1) is 24.0 Å². The van der Waals surface area contributed by atoms with Gasteiger partial charge in [-0.15, -0.1) is 0 Å². The van der Waals surface area contributed by atoms with Crippen molar-refractivity contribution in [3.8, 4) is 0 Å². The first kappa shape index (κ1) is 14.5. The van der Waals surface area contributed by atoms with Gasteiger partial charge in [-0.2, -0.15) is 0 Å². The van der Waals surface area contributed by atoms with Crippen molar-refractivity contribution < 1.29 is 4.92 Å². The van der Waals surface area contributed by atoms with Gasteiger partial charge < -0.3 is 5.32 Å². The molecule has 0 fully saturated rings. The molecule has 0 atom stereocenters. The highest BCUT2D eigenvalue weighted by Gasteiger charge is 2.13. The predicted octanol–water partition coefficient (Wildman–Crippen LogP) is 3.98. The SMILES string of the molecule is Cc1ccc(CNc2cc(C)c([N+](=O)[O-])cc2Br)cn1. The average Bonchev–Trinajstić information content (AvgIpc) is 2.41. The van der Waals surface area contributed by atoms with E-state index in [0.29, 0.717) is 16.6 Å². The van der Waals surface area contributed by atoms with E-state index in [-0.39, 0.29) is 10.6 Å². The van der Waals surface area contributed by atoms with Crippen molar-refractivity contribution in [3.63, 3.8) is 0 Å². The monoisotopic (exact) mass is 335 g/mol. The molecule has 1 heterocycles. The summed E-state index contributed by atoms with van der Waals surface area (Å²) >= 11 is 3.35. The van der Waals surface area contributed by atoms with Crippen LogP contribution in [0.15, 0.2) is 34.9 Å². The minimum Gasteiger partial charge on any atom is -0.380 e. The van der Waals surface area contributed by atoms with Crippen molar-refractivity contribution >= 4 is 27.3 Å². The van der Waals surface area contributed by atoms with Crippen molar-refractivity contribution in [1.82, 2.24) is 4.98 Å². The summed E-state index contributed by atoms with van der Waals surface area (Å²) in [6.45, 7) is 4.28. The maximum atomic E-state index is 10.9. The van der Waals surface area contributed by atoms with E-state index in [1.165, 1.54) is 6.07 Å². The molecule has 2 rings (SSSR count). The number of aromatic nitrogens is 1. The highest BCUT2D eigenvalue weighted by Crippen LogP contribution is 2.30. The third-order valence-corrected chi connectivity index (χ3v) is 3.59. The Kier molecular flexibility index (Phi) is 4.34. The number of anilines is 1. The molecular formula is C14H14BrN3O2. The zero-order valence-corrected chi connectivity index (χ0v) is 12.8. The first-order chi connectivity index (χ1) is 9.47. The van der Waals surface area contributed by atoms with Gasteiger partial charge in [0, 0.05) is 40.2 Å². The van der Waals surface area contributed by atoms with Crippen molar-refractivity contribution in [3.05, 3.63) is 61.9 Å². The average molecular weight is 336 g/mol. The van der Waals surface area contributed by atoms with Crippen LogP contribution in [0.5, 0.6) is 0 Å². The number of benzene rings is 1. The molecule has 0 amide bonds. The molecule has 1 aromatic heterocycles. The molecule has 1 aromatic carbocycles. The van der Waals surface area contributed by atoms with Gasteiger partial charge in [0.05, 0.1) is 4.92 Å². The quantitative estimate of drug-likeness (QED) is 0.677. The molecule has 0 saturated carbocycles. The number of halogens is 1. The van der Waals surface area contributed by atoms with Crippen molar-refractivity contribution in [2.45, 2.75) is 20.4 Å². The van der Waals surface area contributed by atoms with Gasteiger partial charge in [0.25, 0.3) is 5.69 Å². The Labute approximate surface area is 125 Å². The van der Waals surface area contributed by atoms with Crippen LogP contribution < -0.4 is 5.32 Å². The number of nitrogens with zero attached hydrogens (tertiary/aromatic N) is 2. The molecular weight excluding hydrogens is 322 g/mol. The third kappa shape index (κ3) is 3.33. The maximum absolute atomic E-state index is 10.9. The van der Waals surface area contributed by atoms with Crippen molar-refractivity contribution in [2.24, 2.45) is 0 Å². The fraction of sp³-hybridized carbons (Fsp3) is 0.214. The number of hydrogen-bond acceptors (Lipinski definition) is 4. The van der Waals surface area contributed by atoms with Crippen LogP contribution >= 0.6 is 15.9 Å². The van der Waals surface area contributed by atoms with Gasteiger partial charge in [-0.3, -0.25) is 15.1 Å². The summed E-state index contributed by atoms with van der Waals surface area (Å²) < 4.78 is 0.676. The lowest BCUT2D eigenvalue weighted by Gasteiger charge is -2.10. The summed E-state index contributed by atoms with van der Waals surface area (Å²) in [6, 6.07) is 7.24. The molecule has 5 nitrogen and oxygen atoms in total. The van der Waals surface area contributed by atoms with E-state index in [1.807, 2.05) is 25.3 Å². The van der Waals surface area contributed by atoms with Gasteiger partial charge in [-0.25, -0.2) is 0 Å². The van der Waals surface area contributed by atoms with E-state index < -0.39 is 0 Å². The Bertz CT molecular complexity index is 642. The highest BCUT2D eigenvalue weighted by atomic mass is 79.9. The zero-order valence-electron chi connectivity index (χ0n) is 11.2. The normalized spacial score (nSPS) is 10.3. The summed E-state index contributed by atoms with van der Waals surface area (Å²) in [5.41, 5.74) is 3.59. The van der Waals surface area contributed by atoms with Gasteiger partial charge in [0.1, 0.15) is 0 Å². The summed E-state index contributed by atoms with van der Waals surface area (Å²) in [7, 11) is 0. The molecule has 2 aromatic rings. The molecule has 0 spiro atoms. The van der Waals surface area contributed by atoms with Crippen LogP contribution in [-0.4, -0.2) is 9.91 Å². The standard InChI is InChI=1S/C14H14BrN3O2/c1-9-5-13(12(15)6-14(9)18(19)20)17-8-11-4-3-10(2)16-7-11/h3-7,17H,8H2,1-2H3. The lowest BCUT2D eigenvalue weighted by Crippen LogP contribution is -2.02. The molecule has 0 aliphatic rings. The summed E-state index contributed by atoms with van der Waals surface area (Å²) in [5.74, 6) is 0. The molecule has 104 valence electrons. The maximum Gasteiger partial charge on any atom is 0.273 e. The minimum absolute atomic E-state index is 0.111. The topological polar surface area (TPSA) is 68.1 Å². The van der Waals surface area contributed by atoms with Crippen LogP contribution in [0.4, 0.5) is 11.4 Å². The summed E-state index contributed by atoms with van der Waals surface area (Å²) in [5, 5.41) is 14.1. The number of aryl methyl sites for hydroxylation is 2. The first-order valence-electron chi connectivity index (χ1n) is 6.07. The Morgan fingerprint density at radius 2 is 2.10 bits per heavy atom. The Hall–Kier alpha value is -1.95. The van der Waals surface area contributed by atoms with E-state index in [9.17, 15) is 10.1 Å². The second-order valence-corrected chi connectivity index (χ2v) is 5.39. The molecule has 20 heavy (non-hydrogen) atoms. The number of rotatable bonds is 4. The predicted molar refractivity (Wildman–Crippen MR) is 81.8 cm³/mol. The smallest absolute Gasteiger partial charge is 0.273 e. The Balaban J connectivity index is 2.16. The second-order valence-electron chi connectivity index (χ2n) is 4.54. The van der Waals surface area contributed by atoms with Gasteiger partial charge >= 0.3 is 0 Å². The molecule has 0 saturated heterocycles. The van der Waals surface area contributed by atoms with Crippen molar-refractivity contribution in [2.75, 3.05) is 5.32 Å². The van der Waals surface area contributed by atoms with Crippen LogP contribution in [0.3, 0.4) is 0 Å². The number of nitro benzene ring substituents is 1. The van der Waals surface area contributed by atoms with Gasteiger partial charge in [0.2, 0.25) is 0 Å². The minimum atomic E-state index is -0.381. The van der Waals surface area contributed by atoms with E-state index in [2.05, 4.69) is 26.2 Å². The van der Waals surface area contributed by atoms with Crippen LogP contribution in [0.1, 0.15) is 16.8 Å². The fourth-order valence-corrected chi connectivity index (χ4v) is 2.27. The second kappa shape index (κ2) is 6.00. The van der Waals surface area contributed by atoms with Gasteiger partial charge in [-0.1, -0.05) is 6.07 Å². The van der Waals surface area contributed by atoms with E-state index in [1.54, 1.807) is 13.0 Å². The van der Waals surface area contributed by atoms with Gasteiger partial charge in [-0.05, 0) is 47.5 Å². The van der Waals surface area contributed by atoms with E-state index in [4.69, 9.17) is 0 Å². The number of hydrogen-bond donors (Lipinski definition) is 1.